The van der Waals surface area contributed by atoms with E-state index in [0.717, 1.165) is 5.92 Å². The van der Waals surface area contributed by atoms with E-state index in [4.69, 9.17) is 4.74 Å². The van der Waals surface area contributed by atoms with Gasteiger partial charge in [0.1, 0.15) is 0 Å². The van der Waals surface area contributed by atoms with Crippen LogP contribution >= 0.6 is 0 Å². The van der Waals surface area contributed by atoms with Gasteiger partial charge in [-0.15, -0.1) is 0 Å². The van der Waals surface area contributed by atoms with Gasteiger partial charge in [0.25, 0.3) is 0 Å². The summed E-state index contributed by atoms with van der Waals surface area (Å²) in [5, 5.41) is 0. The monoisotopic (exact) mass is 360 g/mol. The molecule has 1 aliphatic rings. The number of hydrogen-bond donors (Lipinski definition) is 0. The SMILES string of the molecule is CC=CCOCc1ccc([C@H]2CC[C@H](c3ccc(C=CC)cc3)CC2)cc1. The number of rotatable bonds is 7. The first-order chi connectivity index (χ1) is 13.3. The van der Waals surface area contributed by atoms with E-state index >= 15 is 0 Å². The largest absolute Gasteiger partial charge is 0.373 e. The minimum absolute atomic E-state index is 0.692. The molecule has 2 aromatic rings. The van der Waals surface area contributed by atoms with Crippen LogP contribution in [0.15, 0.2) is 66.8 Å². The average molecular weight is 361 g/mol. The Kier molecular flexibility index (Phi) is 7.47. The van der Waals surface area contributed by atoms with Crippen LogP contribution in [-0.2, 0) is 11.3 Å². The van der Waals surface area contributed by atoms with Gasteiger partial charge in [-0.1, -0.05) is 72.8 Å². The quantitative estimate of drug-likeness (QED) is 0.373. The van der Waals surface area contributed by atoms with E-state index in [9.17, 15) is 0 Å². The molecule has 0 bridgehead atoms. The summed E-state index contributed by atoms with van der Waals surface area (Å²) in [5.41, 5.74) is 5.56. The molecule has 0 N–H and O–H groups in total. The van der Waals surface area contributed by atoms with Gasteiger partial charge in [-0.2, -0.15) is 0 Å². The van der Waals surface area contributed by atoms with Crippen molar-refractivity contribution in [3.8, 4) is 0 Å². The van der Waals surface area contributed by atoms with Gasteiger partial charge in [-0.05, 0) is 73.6 Å². The summed E-state index contributed by atoms with van der Waals surface area (Å²) >= 11 is 0. The summed E-state index contributed by atoms with van der Waals surface area (Å²) < 4.78 is 5.64. The fourth-order valence-corrected chi connectivity index (χ4v) is 4.06. The maximum Gasteiger partial charge on any atom is 0.0721 e. The molecule has 2 aromatic carbocycles. The van der Waals surface area contributed by atoms with Gasteiger partial charge in [0.2, 0.25) is 0 Å². The van der Waals surface area contributed by atoms with Crippen LogP contribution in [0.3, 0.4) is 0 Å². The highest BCUT2D eigenvalue weighted by molar-refractivity contribution is 5.49. The molecule has 142 valence electrons. The standard InChI is InChI=1S/C26H32O/c1-3-5-19-27-20-22-9-13-24(14-10-22)26-17-15-25(16-18-26)23-11-7-21(6-4-2)8-12-23/h3-14,25-26H,15-20H2,1-2H3/t25-,26-. The van der Waals surface area contributed by atoms with Gasteiger partial charge < -0.3 is 4.74 Å². The van der Waals surface area contributed by atoms with Crippen LogP contribution in [0.2, 0.25) is 0 Å². The summed E-state index contributed by atoms with van der Waals surface area (Å²) in [6, 6.07) is 18.2. The molecule has 1 saturated carbocycles. The van der Waals surface area contributed by atoms with Crippen molar-refractivity contribution in [2.45, 2.75) is 58.0 Å². The Labute approximate surface area is 164 Å². The highest BCUT2D eigenvalue weighted by Gasteiger charge is 2.23. The molecule has 1 aliphatic carbocycles. The third-order valence-electron chi connectivity index (χ3n) is 5.66. The highest BCUT2D eigenvalue weighted by Crippen LogP contribution is 2.40. The van der Waals surface area contributed by atoms with E-state index in [2.05, 4.69) is 67.6 Å². The maximum absolute atomic E-state index is 5.64. The van der Waals surface area contributed by atoms with Crippen LogP contribution in [0.1, 0.15) is 73.6 Å². The molecule has 1 nitrogen and oxygen atoms in total. The molecule has 0 atom stereocenters. The number of benzene rings is 2. The predicted octanol–water partition coefficient (Wildman–Crippen LogP) is 7.25. The molecule has 0 amide bonds. The molecule has 0 aliphatic heterocycles. The maximum atomic E-state index is 5.64. The van der Waals surface area contributed by atoms with Crippen molar-refractivity contribution < 1.29 is 4.74 Å². The first-order valence-corrected chi connectivity index (χ1v) is 10.3. The Balaban J connectivity index is 1.51. The summed E-state index contributed by atoms with van der Waals surface area (Å²) in [6.45, 7) is 5.48. The number of ether oxygens (including phenoxy) is 1. The molecule has 1 fully saturated rings. The van der Waals surface area contributed by atoms with Gasteiger partial charge in [0, 0.05) is 0 Å². The zero-order chi connectivity index (χ0) is 18.9. The zero-order valence-corrected chi connectivity index (χ0v) is 16.7. The molecular weight excluding hydrogens is 328 g/mol. The molecule has 0 spiro atoms. The van der Waals surface area contributed by atoms with Crippen LogP contribution in [0.4, 0.5) is 0 Å². The predicted molar refractivity (Wildman–Crippen MR) is 116 cm³/mol. The van der Waals surface area contributed by atoms with Crippen LogP contribution < -0.4 is 0 Å². The van der Waals surface area contributed by atoms with E-state index in [-0.39, 0.29) is 0 Å². The topological polar surface area (TPSA) is 9.23 Å². The first-order valence-electron chi connectivity index (χ1n) is 10.3. The van der Waals surface area contributed by atoms with Crippen molar-refractivity contribution in [1.82, 2.24) is 0 Å². The van der Waals surface area contributed by atoms with E-state index in [1.807, 2.05) is 19.1 Å². The van der Waals surface area contributed by atoms with Crippen LogP contribution in [-0.4, -0.2) is 6.61 Å². The van der Waals surface area contributed by atoms with E-state index in [1.54, 1.807) is 0 Å². The van der Waals surface area contributed by atoms with Gasteiger partial charge in [-0.3, -0.25) is 0 Å². The van der Waals surface area contributed by atoms with Crippen LogP contribution in [0, 0.1) is 0 Å². The molecule has 0 heterocycles. The van der Waals surface area contributed by atoms with Crippen molar-refractivity contribution in [2.75, 3.05) is 6.61 Å². The lowest BCUT2D eigenvalue weighted by molar-refractivity contribution is 0.148. The molecule has 0 radical (unpaired) electrons. The van der Waals surface area contributed by atoms with E-state index < -0.39 is 0 Å². The first kappa shape index (κ1) is 19.6. The second-order valence-electron chi connectivity index (χ2n) is 7.54. The van der Waals surface area contributed by atoms with Gasteiger partial charge in [-0.25, -0.2) is 0 Å². The summed E-state index contributed by atoms with van der Waals surface area (Å²) in [6.07, 6.45) is 13.5. The van der Waals surface area contributed by atoms with Crippen LogP contribution in [0.25, 0.3) is 6.08 Å². The molecular formula is C26H32O. The summed E-state index contributed by atoms with van der Waals surface area (Å²) in [4.78, 5) is 0. The second kappa shape index (κ2) is 10.3. The average Bonchev–Trinajstić information content (AvgIpc) is 2.73. The third kappa shape index (κ3) is 5.68. The fraction of sp³-hybridized carbons (Fsp3) is 0.385. The van der Waals surface area contributed by atoms with Crippen LogP contribution in [0.5, 0.6) is 0 Å². The van der Waals surface area contributed by atoms with Crippen molar-refractivity contribution in [1.29, 1.82) is 0 Å². The number of allylic oxidation sites excluding steroid dienone is 2. The normalized spacial score (nSPS) is 20.5. The van der Waals surface area contributed by atoms with Gasteiger partial charge in [0.05, 0.1) is 13.2 Å². The van der Waals surface area contributed by atoms with Crippen molar-refractivity contribution in [3.63, 3.8) is 0 Å². The molecule has 0 aromatic heterocycles. The molecule has 1 heteroatoms. The third-order valence-corrected chi connectivity index (χ3v) is 5.66. The molecule has 27 heavy (non-hydrogen) atoms. The lowest BCUT2D eigenvalue weighted by Gasteiger charge is -2.29. The molecule has 0 unspecified atom stereocenters. The Bertz CT molecular complexity index is 729. The van der Waals surface area contributed by atoms with Crippen molar-refractivity contribution in [3.05, 3.63) is 89.0 Å². The minimum Gasteiger partial charge on any atom is -0.373 e. The van der Waals surface area contributed by atoms with Gasteiger partial charge in [0.15, 0.2) is 0 Å². The Morgan fingerprint density at radius 3 is 1.85 bits per heavy atom. The molecule has 3 rings (SSSR count). The zero-order valence-electron chi connectivity index (χ0n) is 16.7. The summed E-state index contributed by atoms with van der Waals surface area (Å²) in [7, 11) is 0. The highest BCUT2D eigenvalue weighted by atomic mass is 16.5. The van der Waals surface area contributed by atoms with E-state index in [0.29, 0.717) is 19.1 Å². The minimum atomic E-state index is 0.692. The lowest BCUT2D eigenvalue weighted by atomic mass is 9.76. The Morgan fingerprint density at radius 1 is 0.778 bits per heavy atom. The van der Waals surface area contributed by atoms with Gasteiger partial charge >= 0.3 is 0 Å². The summed E-state index contributed by atoms with van der Waals surface area (Å²) in [5.74, 6) is 1.43. The Hall–Kier alpha value is -2.12. The number of hydrogen-bond acceptors (Lipinski definition) is 1. The van der Waals surface area contributed by atoms with E-state index in [1.165, 1.54) is 47.9 Å². The van der Waals surface area contributed by atoms with Crippen molar-refractivity contribution in [2.24, 2.45) is 0 Å². The lowest BCUT2D eigenvalue weighted by Crippen LogP contribution is -2.12. The molecule has 0 saturated heterocycles. The fourth-order valence-electron chi connectivity index (χ4n) is 4.06. The van der Waals surface area contributed by atoms with Crippen molar-refractivity contribution >= 4 is 6.08 Å². The smallest absolute Gasteiger partial charge is 0.0721 e. The Morgan fingerprint density at radius 2 is 1.33 bits per heavy atom. The second-order valence-corrected chi connectivity index (χ2v) is 7.54.